The molecule has 0 N–H and O–H groups in total. The molecule has 0 amide bonds. The molecule has 6 rings (SSSR count). The Balaban J connectivity index is 1.28. The van der Waals surface area contributed by atoms with Gasteiger partial charge in [-0.1, -0.05) is 12.1 Å². The normalized spacial score (nSPS) is 13.2. The minimum atomic E-state index is 0.397. The Morgan fingerprint density at radius 1 is 1.00 bits per heavy atom. The summed E-state index contributed by atoms with van der Waals surface area (Å²) >= 11 is 0. The molecule has 5 aromatic rings. The lowest BCUT2D eigenvalue weighted by Crippen LogP contribution is -2.08. The predicted molar refractivity (Wildman–Crippen MR) is 140 cm³/mol. The van der Waals surface area contributed by atoms with Crippen LogP contribution in [0.25, 0.3) is 28.1 Å². The van der Waals surface area contributed by atoms with Gasteiger partial charge >= 0.3 is 0 Å². The summed E-state index contributed by atoms with van der Waals surface area (Å²) in [6, 6.07) is 10.1. The first-order chi connectivity index (χ1) is 18.6. The van der Waals surface area contributed by atoms with Crippen LogP contribution in [0.5, 0.6) is 11.8 Å². The van der Waals surface area contributed by atoms with E-state index in [-0.39, 0.29) is 0 Å². The molecule has 0 aliphatic heterocycles. The van der Waals surface area contributed by atoms with E-state index in [0.29, 0.717) is 43.3 Å². The van der Waals surface area contributed by atoms with Crippen LogP contribution in [0.4, 0.5) is 0 Å². The van der Waals surface area contributed by atoms with Gasteiger partial charge in [0, 0.05) is 25.3 Å². The van der Waals surface area contributed by atoms with Crippen LogP contribution in [0.1, 0.15) is 35.7 Å². The van der Waals surface area contributed by atoms with Crippen LogP contribution in [0, 0.1) is 6.92 Å². The van der Waals surface area contributed by atoms with Gasteiger partial charge in [0.15, 0.2) is 11.5 Å². The zero-order valence-electron chi connectivity index (χ0n) is 21.5. The van der Waals surface area contributed by atoms with E-state index < -0.39 is 0 Å². The molecule has 0 radical (unpaired) electrons. The molecule has 1 aromatic carbocycles. The van der Waals surface area contributed by atoms with Crippen molar-refractivity contribution in [1.29, 1.82) is 0 Å². The first kappa shape index (κ1) is 24.0. The molecule has 11 heteroatoms. The summed E-state index contributed by atoms with van der Waals surface area (Å²) in [7, 11) is 3.26. The van der Waals surface area contributed by atoms with Crippen molar-refractivity contribution in [2.24, 2.45) is 0 Å². The van der Waals surface area contributed by atoms with E-state index in [1.807, 2.05) is 29.8 Å². The molecule has 4 heterocycles. The average Bonchev–Trinajstić information content (AvgIpc) is 3.62. The van der Waals surface area contributed by atoms with Gasteiger partial charge in [-0.15, -0.1) is 0 Å². The molecule has 194 valence electrons. The Kier molecular flexibility index (Phi) is 6.42. The Morgan fingerprint density at radius 2 is 1.84 bits per heavy atom. The Morgan fingerprint density at radius 3 is 2.61 bits per heavy atom. The molecule has 1 aliphatic carbocycles. The fourth-order valence-corrected chi connectivity index (χ4v) is 4.42. The first-order valence-corrected chi connectivity index (χ1v) is 12.5. The monoisotopic (exact) mass is 512 g/mol. The van der Waals surface area contributed by atoms with E-state index in [0.717, 1.165) is 52.1 Å². The molecular formula is C27H28N8O3. The molecule has 11 nitrogen and oxygen atoms in total. The standard InChI is InChI=1S/C27H28N8O3/c1-17-12-22(38-11-10-36-2)35(33-17)21-8-4-18(5-9-21)15-34-26-20(14-31-34)13-28-25(32-26)23-24(19-6-7-19)29-16-30-27(23)37-3/h4-5,8-9,12-14,16,19H,6-7,10-11,15H2,1-3H3. The lowest BCUT2D eigenvalue weighted by Gasteiger charge is -2.11. The summed E-state index contributed by atoms with van der Waals surface area (Å²) in [6.45, 7) is 3.46. The van der Waals surface area contributed by atoms with Crippen LogP contribution in [0.15, 0.2) is 49.1 Å². The number of ether oxygens (including phenoxy) is 3. The Labute approximate surface area is 219 Å². The second-order valence-electron chi connectivity index (χ2n) is 9.24. The van der Waals surface area contributed by atoms with Gasteiger partial charge in [0.2, 0.25) is 11.8 Å². The van der Waals surface area contributed by atoms with Crippen LogP contribution < -0.4 is 9.47 Å². The van der Waals surface area contributed by atoms with Crippen LogP contribution in [-0.4, -0.2) is 66.9 Å². The van der Waals surface area contributed by atoms with Crippen molar-refractivity contribution in [3.05, 3.63) is 66.0 Å². The third kappa shape index (κ3) is 4.68. The van der Waals surface area contributed by atoms with E-state index in [1.165, 1.54) is 0 Å². The summed E-state index contributed by atoms with van der Waals surface area (Å²) in [5.74, 6) is 2.11. The molecular weight excluding hydrogens is 484 g/mol. The maximum absolute atomic E-state index is 5.84. The SMILES string of the molecule is COCCOc1cc(C)nn1-c1ccc(Cn2ncc3cnc(-c4c(OC)ncnc4C4CC4)nc32)cc1. The third-order valence-corrected chi connectivity index (χ3v) is 6.45. The highest BCUT2D eigenvalue weighted by Gasteiger charge is 2.31. The van der Waals surface area contributed by atoms with Crippen molar-refractivity contribution < 1.29 is 14.2 Å². The number of rotatable bonds is 10. The van der Waals surface area contributed by atoms with Gasteiger partial charge < -0.3 is 14.2 Å². The number of nitrogens with zero attached hydrogens (tertiary/aromatic N) is 8. The molecule has 0 unspecified atom stereocenters. The topological polar surface area (TPSA) is 115 Å². The van der Waals surface area contributed by atoms with Crippen molar-refractivity contribution >= 4 is 11.0 Å². The van der Waals surface area contributed by atoms with Gasteiger partial charge in [0.25, 0.3) is 0 Å². The van der Waals surface area contributed by atoms with Crippen LogP contribution in [0.2, 0.25) is 0 Å². The highest BCUT2D eigenvalue weighted by molar-refractivity contribution is 5.77. The number of benzene rings is 1. The zero-order chi connectivity index (χ0) is 26.1. The van der Waals surface area contributed by atoms with E-state index in [2.05, 4.69) is 37.3 Å². The number of aromatic nitrogens is 8. The summed E-state index contributed by atoms with van der Waals surface area (Å²) in [6.07, 6.45) is 7.31. The summed E-state index contributed by atoms with van der Waals surface area (Å²) < 4.78 is 20.1. The largest absolute Gasteiger partial charge is 0.480 e. The molecule has 0 saturated heterocycles. The van der Waals surface area contributed by atoms with Crippen molar-refractivity contribution in [1.82, 2.24) is 39.5 Å². The number of hydrogen-bond acceptors (Lipinski definition) is 9. The molecule has 1 fully saturated rings. The molecule has 1 saturated carbocycles. The summed E-state index contributed by atoms with van der Waals surface area (Å²) in [5.41, 5.74) is 5.30. The molecule has 0 spiro atoms. The zero-order valence-corrected chi connectivity index (χ0v) is 21.5. The quantitative estimate of drug-likeness (QED) is 0.258. The molecule has 4 aromatic heterocycles. The Bertz CT molecular complexity index is 1570. The highest BCUT2D eigenvalue weighted by Crippen LogP contribution is 2.44. The second kappa shape index (κ2) is 10.2. The van der Waals surface area contributed by atoms with E-state index in [1.54, 1.807) is 37.6 Å². The highest BCUT2D eigenvalue weighted by atomic mass is 16.5. The number of hydrogen-bond donors (Lipinski definition) is 0. The first-order valence-electron chi connectivity index (χ1n) is 12.5. The van der Waals surface area contributed by atoms with Crippen molar-refractivity contribution in [2.45, 2.75) is 32.2 Å². The van der Waals surface area contributed by atoms with Crippen LogP contribution in [-0.2, 0) is 11.3 Å². The minimum absolute atomic E-state index is 0.397. The lowest BCUT2D eigenvalue weighted by atomic mass is 10.1. The van der Waals surface area contributed by atoms with E-state index in [4.69, 9.17) is 19.2 Å². The van der Waals surface area contributed by atoms with E-state index in [9.17, 15) is 0 Å². The molecule has 38 heavy (non-hydrogen) atoms. The fourth-order valence-electron chi connectivity index (χ4n) is 4.42. The molecule has 0 atom stereocenters. The summed E-state index contributed by atoms with van der Waals surface area (Å²) in [5, 5.41) is 10.0. The maximum atomic E-state index is 5.84. The van der Waals surface area contributed by atoms with Crippen LogP contribution >= 0.6 is 0 Å². The van der Waals surface area contributed by atoms with Crippen LogP contribution in [0.3, 0.4) is 0 Å². The lowest BCUT2D eigenvalue weighted by molar-refractivity contribution is 0.142. The van der Waals surface area contributed by atoms with Crippen molar-refractivity contribution in [3.63, 3.8) is 0 Å². The van der Waals surface area contributed by atoms with Gasteiger partial charge in [-0.05, 0) is 37.5 Å². The van der Waals surface area contributed by atoms with Gasteiger partial charge in [0.05, 0.1) is 48.9 Å². The summed E-state index contributed by atoms with van der Waals surface area (Å²) in [4.78, 5) is 18.3. The van der Waals surface area contributed by atoms with Gasteiger partial charge in [-0.3, -0.25) is 0 Å². The van der Waals surface area contributed by atoms with Gasteiger partial charge in [-0.25, -0.2) is 29.3 Å². The van der Waals surface area contributed by atoms with E-state index >= 15 is 0 Å². The number of aryl methyl sites for hydroxylation is 1. The maximum Gasteiger partial charge on any atom is 0.227 e. The molecule has 1 aliphatic rings. The molecule has 0 bridgehead atoms. The van der Waals surface area contributed by atoms with Gasteiger partial charge in [0.1, 0.15) is 18.5 Å². The Hall–Kier alpha value is -4.38. The number of methoxy groups -OCH3 is 2. The third-order valence-electron chi connectivity index (χ3n) is 6.45. The van der Waals surface area contributed by atoms with Crippen molar-refractivity contribution in [3.8, 4) is 28.8 Å². The van der Waals surface area contributed by atoms with Crippen molar-refractivity contribution in [2.75, 3.05) is 27.4 Å². The second-order valence-corrected chi connectivity index (χ2v) is 9.24. The fraction of sp³-hybridized carbons (Fsp3) is 0.333. The van der Waals surface area contributed by atoms with Gasteiger partial charge in [-0.2, -0.15) is 10.2 Å². The number of fused-ring (bicyclic) bond motifs is 1. The predicted octanol–water partition coefficient (Wildman–Crippen LogP) is 3.74. The minimum Gasteiger partial charge on any atom is -0.480 e. The smallest absolute Gasteiger partial charge is 0.227 e. The average molecular weight is 513 g/mol.